The lowest BCUT2D eigenvalue weighted by Crippen LogP contribution is -2.10. The molecule has 0 saturated heterocycles. The van der Waals surface area contributed by atoms with E-state index in [-0.39, 0.29) is 5.38 Å². The van der Waals surface area contributed by atoms with Gasteiger partial charge in [-0.3, -0.25) is 0 Å². The Morgan fingerprint density at radius 1 is 1.33 bits per heavy atom. The molecule has 2 unspecified atom stereocenters. The highest BCUT2D eigenvalue weighted by Crippen LogP contribution is 2.29. The van der Waals surface area contributed by atoms with Gasteiger partial charge in [0.15, 0.2) is 0 Å². The van der Waals surface area contributed by atoms with Crippen molar-refractivity contribution in [3.8, 4) is 0 Å². The maximum atomic E-state index is 6.27. The fourth-order valence-corrected chi connectivity index (χ4v) is 2.96. The minimum absolute atomic E-state index is 0.0610. The number of hydrogen-bond donors (Lipinski definition) is 0. The van der Waals surface area contributed by atoms with Crippen LogP contribution in [0.1, 0.15) is 37.5 Å². The minimum Gasteiger partial charge on any atom is -0.324 e. The molecule has 0 aliphatic heterocycles. The number of thioether (sulfide) groups is 1. The molecular weight excluding hydrogens is 264 g/mol. The molecule has 4 heteroatoms. The molecule has 0 aliphatic carbocycles. The van der Waals surface area contributed by atoms with Crippen molar-refractivity contribution in [3.63, 3.8) is 0 Å². The number of halogens is 1. The van der Waals surface area contributed by atoms with Crippen LogP contribution in [0.15, 0.2) is 24.3 Å². The van der Waals surface area contributed by atoms with E-state index in [1.807, 2.05) is 24.8 Å². The van der Waals surface area contributed by atoms with Crippen LogP contribution in [0.4, 0.5) is 0 Å². The fourth-order valence-electron chi connectivity index (χ4n) is 2.22. The summed E-state index contributed by atoms with van der Waals surface area (Å²) in [4.78, 5) is 4.67. The molecule has 98 valence electrons. The van der Waals surface area contributed by atoms with Crippen molar-refractivity contribution in [2.45, 2.75) is 31.7 Å². The van der Waals surface area contributed by atoms with Gasteiger partial charge in [0.1, 0.15) is 5.82 Å². The molecule has 1 aromatic heterocycles. The van der Waals surface area contributed by atoms with Gasteiger partial charge in [0.05, 0.1) is 16.4 Å². The van der Waals surface area contributed by atoms with Crippen LogP contribution in [-0.2, 0) is 0 Å². The Bertz CT molecular complexity index is 521. The van der Waals surface area contributed by atoms with E-state index in [0.29, 0.717) is 6.04 Å². The quantitative estimate of drug-likeness (QED) is 0.743. The molecule has 0 spiro atoms. The maximum absolute atomic E-state index is 6.27. The molecule has 0 bridgehead atoms. The SMILES string of the molecule is CSCCC(C)n1c(C(C)Cl)nc2ccccc21. The van der Waals surface area contributed by atoms with E-state index in [9.17, 15) is 0 Å². The average Bonchev–Trinajstić information content (AvgIpc) is 2.75. The number of fused-ring (bicyclic) bond motifs is 1. The molecule has 0 radical (unpaired) electrons. The predicted molar refractivity (Wildman–Crippen MR) is 81.7 cm³/mol. The van der Waals surface area contributed by atoms with E-state index < -0.39 is 0 Å². The van der Waals surface area contributed by atoms with Gasteiger partial charge in [0, 0.05) is 6.04 Å². The van der Waals surface area contributed by atoms with Crippen molar-refractivity contribution >= 4 is 34.4 Å². The van der Waals surface area contributed by atoms with Crippen LogP contribution in [-0.4, -0.2) is 21.6 Å². The normalized spacial score (nSPS) is 14.9. The van der Waals surface area contributed by atoms with E-state index in [2.05, 4.69) is 40.9 Å². The molecule has 0 aliphatic rings. The molecule has 1 heterocycles. The van der Waals surface area contributed by atoms with Crippen molar-refractivity contribution < 1.29 is 0 Å². The molecule has 2 aromatic rings. The van der Waals surface area contributed by atoms with Crippen molar-refractivity contribution in [2.75, 3.05) is 12.0 Å². The zero-order chi connectivity index (χ0) is 13.1. The summed E-state index contributed by atoms with van der Waals surface area (Å²) in [7, 11) is 0. The number of hydrogen-bond acceptors (Lipinski definition) is 2. The van der Waals surface area contributed by atoms with E-state index in [1.165, 1.54) is 5.52 Å². The molecule has 2 atom stereocenters. The number of benzene rings is 1. The Balaban J connectivity index is 2.47. The monoisotopic (exact) mass is 282 g/mol. The zero-order valence-corrected chi connectivity index (χ0v) is 12.6. The van der Waals surface area contributed by atoms with Crippen LogP contribution in [0.2, 0.25) is 0 Å². The second-order valence-corrected chi connectivity index (χ2v) is 6.22. The van der Waals surface area contributed by atoms with Crippen molar-refractivity contribution in [1.82, 2.24) is 9.55 Å². The van der Waals surface area contributed by atoms with Crippen LogP contribution >= 0.6 is 23.4 Å². The van der Waals surface area contributed by atoms with Crippen LogP contribution in [0.3, 0.4) is 0 Å². The smallest absolute Gasteiger partial charge is 0.127 e. The first-order valence-electron chi connectivity index (χ1n) is 6.25. The second kappa shape index (κ2) is 5.98. The van der Waals surface area contributed by atoms with E-state index >= 15 is 0 Å². The van der Waals surface area contributed by atoms with Crippen LogP contribution in [0.5, 0.6) is 0 Å². The van der Waals surface area contributed by atoms with Gasteiger partial charge < -0.3 is 4.57 Å². The molecular formula is C14H19ClN2S. The largest absolute Gasteiger partial charge is 0.324 e. The van der Waals surface area contributed by atoms with E-state index in [1.54, 1.807) is 0 Å². The minimum atomic E-state index is -0.0610. The van der Waals surface area contributed by atoms with Crippen molar-refractivity contribution in [2.24, 2.45) is 0 Å². The summed E-state index contributed by atoms with van der Waals surface area (Å²) in [5.74, 6) is 2.13. The fraction of sp³-hybridized carbons (Fsp3) is 0.500. The second-order valence-electron chi connectivity index (χ2n) is 4.58. The van der Waals surface area contributed by atoms with Gasteiger partial charge in [0.2, 0.25) is 0 Å². The summed E-state index contributed by atoms with van der Waals surface area (Å²) in [5, 5.41) is -0.0610. The number of rotatable bonds is 5. The summed E-state index contributed by atoms with van der Waals surface area (Å²) in [6.45, 7) is 4.23. The third kappa shape index (κ3) is 2.67. The van der Waals surface area contributed by atoms with Crippen LogP contribution in [0, 0.1) is 0 Å². The van der Waals surface area contributed by atoms with Gasteiger partial charge in [-0.05, 0) is 44.4 Å². The Hall–Kier alpha value is -0.670. The van der Waals surface area contributed by atoms with Crippen molar-refractivity contribution in [1.29, 1.82) is 0 Å². The van der Waals surface area contributed by atoms with Gasteiger partial charge in [-0.2, -0.15) is 11.8 Å². The number of nitrogens with zero attached hydrogens (tertiary/aromatic N) is 2. The molecule has 2 rings (SSSR count). The van der Waals surface area contributed by atoms with Gasteiger partial charge in [-0.25, -0.2) is 4.98 Å². The summed E-state index contributed by atoms with van der Waals surface area (Å²) in [6, 6.07) is 8.69. The highest BCUT2D eigenvalue weighted by atomic mass is 35.5. The number of imidazole rings is 1. The third-order valence-electron chi connectivity index (χ3n) is 3.16. The first kappa shape index (κ1) is 13.8. The molecule has 0 fully saturated rings. The van der Waals surface area contributed by atoms with E-state index in [0.717, 1.165) is 23.5 Å². The topological polar surface area (TPSA) is 17.8 Å². The maximum Gasteiger partial charge on any atom is 0.127 e. The highest BCUT2D eigenvalue weighted by molar-refractivity contribution is 7.98. The zero-order valence-electron chi connectivity index (χ0n) is 11.1. The standard InChI is InChI=1S/C14H19ClN2S/c1-10(8-9-18-3)17-13-7-5-4-6-12(13)16-14(17)11(2)15/h4-7,10-11H,8-9H2,1-3H3. The van der Waals surface area contributed by atoms with Gasteiger partial charge in [0.25, 0.3) is 0 Å². The first-order chi connectivity index (χ1) is 8.65. The third-order valence-corrected chi connectivity index (χ3v) is 4.00. The lowest BCUT2D eigenvalue weighted by molar-refractivity contribution is 0.526. The Morgan fingerprint density at radius 3 is 2.72 bits per heavy atom. The molecule has 0 amide bonds. The van der Waals surface area contributed by atoms with Gasteiger partial charge in [-0.15, -0.1) is 11.6 Å². The first-order valence-corrected chi connectivity index (χ1v) is 8.08. The number of alkyl halides is 1. The number of para-hydroxylation sites is 2. The average molecular weight is 283 g/mol. The lowest BCUT2D eigenvalue weighted by Gasteiger charge is -2.18. The highest BCUT2D eigenvalue weighted by Gasteiger charge is 2.18. The lowest BCUT2D eigenvalue weighted by atomic mass is 10.2. The van der Waals surface area contributed by atoms with E-state index in [4.69, 9.17) is 11.6 Å². The van der Waals surface area contributed by atoms with Crippen LogP contribution in [0.25, 0.3) is 11.0 Å². The molecule has 0 saturated carbocycles. The summed E-state index contributed by atoms with van der Waals surface area (Å²) >= 11 is 8.15. The molecule has 2 nitrogen and oxygen atoms in total. The Kier molecular flexibility index (Phi) is 4.57. The van der Waals surface area contributed by atoms with Crippen LogP contribution < -0.4 is 0 Å². The Labute approximate surface area is 118 Å². The molecule has 1 aromatic carbocycles. The van der Waals surface area contributed by atoms with Gasteiger partial charge in [-0.1, -0.05) is 12.1 Å². The molecule has 18 heavy (non-hydrogen) atoms. The Morgan fingerprint density at radius 2 is 2.06 bits per heavy atom. The summed E-state index contributed by atoms with van der Waals surface area (Å²) in [6.07, 6.45) is 3.28. The predicted octanol–water partition coefficient (Wildman–Crippen LogP) is 4.65. The van der Waals surface area contributed by atoms with Gasteiger partial charge >= 0.3 is 0 Å². The molecule has 0 N–H and O–H groups in total. The summed E-state index contributed by atoms with van der Waals surface area (Å²) in [5.41, 5.74) is 2.23. The number of aromatic nitrogens is 2. The van der Waals surface area contributed by atoms with Crippen molar-refractivity contribution in [3.05, 3.63) is 30.1 Å². The summed E-state index contributed by atoms with van der Waals surface area (Å²) < 4.78 is 2.29.